The van der Waals surface area contributed by atoms with Crippen LogP contribution in [0.1, 0.15) is 51.2 Å². The fraction of sp³-hybridized carbons (Fsp3) is 0.571. The van der Waals surface area contributed by atoms with Crippen molar-refractivity contribution in [1.29, 1.82) is 0 Å². The number of aliphatic hydroxyl groups is 1. The van der Waals surface area contributed by atoms with Gasteiger partial charge in [-0.1, -0.05) is 56.6 Å². The first-order valence-corrected chi connectivity index (χ1v) is 12.6. The third kappa shape index (κ3) is 5.62. The van der Waals surface area contributed by atoms with Crippen LogP contribution < -0.4 is 0 Å². The summed E-state index contributed by atoms with van der Waals surface area (Å²) in [5.41, 5.74) is 0.985. The zero-order valence-corrected chi connectivity index (χ0v) is 20.8. The molecule has 1 N–H and O–H groups in total. The Labute approximate surface area is 202 Å². The predicted octanol–water partition coefficient (Wildman–Crippen LogP) is 6.07. The number of hydrogen-bond donors (Lipinski definition) is 1. The van der Waals surface area contributed by atoms with Crippen LogP contribution in [0.2, 0.25) is 5.02 Å². The largest absolute Gasteiger partial charge is 0.385 e. The molecule has 0 spiro atoms. The molecule has 3 nitrogen and oxygen atoms in total. The number of likely N-dealkylation sites (tertiary alicyclic amines) is 1. The molecule has 0 saturated carbocycles. The van der Waals surface area contributed by atoms with Crippen LogP contribution in [-0.2, 0) is 16.8 Å². The van der Waals surface area contributed by atoms with Gasteiger partial charge in [0.25, 0.3) is 0 Å². The number of rotatable bonds is 6. The topological polar surface area (TPSA) is 32.7 Å². The average Bonchev–Trinajstić information content (AvgIpc) is 2.78. The third-order valence-corrected chi connectivity index (χ3v) is 8.26. The van der Waals surface area contributed by atoms with E-state index in [0.29, 0.717) is 16.9 Å². The second-order valence-corrected chi connectivity index (χ2v) is 11.3. The van der Waals surface area contributed by atoms with Crippen molar-refractivity contribution < 1.29 is 14.2 Å². The molecule has 2 aromatic rings. The van der Waals surface area contributed by atoms with Crippen LogP contribution in [0.15, 0.2) is 48.5 Å². The maximum absolute atomic E-state index is 13.2. The van der Waals surface area contributed by atoms with Gasteiger partial charge in [-0.25, -0.2) is 4.39 Å². The van der Waals surface area contributed by atoms with Gasteiger partial charge in [-0.05, 0) is 79.5 Å². The molecule has 4 atom stereocenters. The quantitative estimate of drug-likeness (QED) is 0.552. The Morgan fingerprint density at radius 3 is 2.48 bits per heavy atom. The van der Waals surface area contributed by atoms with Gasteiger partial charge in [0.15, 0.2) is 0 Å². The monoisotopic (exact) mass is 473 g/mol. The molecule has 0 bridgehead atoms. The van der Waals surface area contributed by atoms with E-state index in [1.54, 1.807) is 0 Å². The molecule has 0 amide bonds. The van der Waals surface area contributed by atoms with E-state index in [2.05, 4.69) is 25.7 Å². The van der Waals surface area contributed by atoms with Crippen molar-refractivity contribution in [3.05, 3.63) is 70.5 Å². The summed E-state index contributed by atoms with van der Waals surface area (Å²) in [6.07, 6.45) is 3.95. The molecule has 2 aromatic carbocycles. The van der Waals surface area contributed by atoms with Crippen molar-refractivity contribution in [2.45, 2.75) is 58.2 Å². The standard InChI is InChI=1S/C28H37ClFNO2/c1-20-18-33-26(16-21-4-10-25(30)11-5-21)17-22(20)12-14-31-15-13-28(32,27(2,3)19-31)23-6-8-24(29)9-7-23/h4-11,20,22,26,32H,12-19H2,1-3H3/t20-,22?,26-,28-/m0/s1. The average molecular weight is 474 g/mol. The molecule has 2 aliphatic heterocycles. The maximum atomic E-state index is 13.2. The molecule has 2 saturated heterocycles. The smallest absolute Gasteiger partial charge is 0.123 e. The van der Waals surface area contributed by atoms with Crippen molar-refractivity contribution in [3.63, 3.8) is 0 Å². The molecule has 0 aliphatic carbocycles. The Hall–Kier alpha value is -1.46. The molecular formula is C28H37ClFNO2. The number of halogens is 2. The van der Waals surface area contributed by atoms with E-state index in [1.165, 1.54) is 12.1 Å². The SMILES string of the molecule is C[C@H]1CO[C@@H](Cc2ccc(F)cc2)CC1CCN1CC[C@](O)(c2ccc(Cl)cc2)C(C)(C)C1. The zero-order valence-electron chi connectivity index (χ0n) is 20.1. The van der Waals surface area contributed by atoms with E-state index in [1.807, 2.05) is 36.4 Å². The highest BCUT2D eigenvalue weighted by molar-refractivity contribution is 6.30. The van der Waals surface area contributed by atoms with E-state index < -0.39 is 5.60 Å². The summed E-state index contributed by atoms with van der Waals surface area (Å²) in [5.74, 6) is 0.963. The van der Waals surface area contributed by atoms with E-state index in [-0.39, 0.29) is 17.3 Å². The van der Waals surface area contributed by atoms with E-state index in [0.717, 1.165) is 63.1 Å². The first kappa shape index (κ1) is 24.7. The second kappa shape index (κ2) is 10.0. The van der Waals surface area contributed by atoms with Crippen molar-refractivity contribution in [1.82, 2.24) is 4.90 Å². The molecule has 2 aliphatic rings. The fourth-order valence-electron chi connectivity index (χ4n) is 5.72. The van der Waals surface area contributed by atoms with Crippen LogP contribution in [0.3, 0.4) is 0 Å². The van der Waals surface area contributed by atoms with Crippen molar-refractivity contribution >= 4 is 11.6 Å². The van der Waals surface area contributed by atoms with Crippen LogP contribution in [0.25, 0.3) is 0 Å². The number of ether oxygens (including phenoxy) is 1. The van der Waals surface area contributed by atoms with Gasteiger partial charge in [-0.15, -0.1) is 0 Å². The molecule has 0 aromatic heterocycles. The minimum atomic E-state index is -0.847. The molecule has 33 heavy (non-hydrogen) atoms. The minimum absolute atomic E-state index is 0.192. The van der Waals surface area contributed by atoms with Crippen LogP contribution in [0, 0.1) is 23.1 Å². The van der Waals surface area contributed by atoms with Gasteiger partial charge in [0.05, 0.1) is 11.7 Å². The van der Waals surface area contributed by atoms with Crippen LogP contribution >= 0.6 is 11.6 Å². The number of nitrogens with zero attached hydrogens (tertiary/aromatic N) is 1. The van der Waals surface area contributed by atoms with Gasteiger partial charge in [-0.3, -0.25) is 0 Å². The summed E-state index contributed by atoms with van der Waals surface area (Å²) >= 11 is 6.06. The lowest BCUT2D eigenvalue weighted by Gasteiger charge is -2.51. The second-order valence-electron chi connectivity index (χ2n) is 10.8. The number of benzene rings is 2. The summed E-state index contributed by atoms with van der Waals surface area (Å²) < 4.78 is 19.3. The lowest BCUT2D eigenvalue weighted by atomic mass is 9.66. The lowest BCUT2D eigenvalue weighted by molar-refractivity contribution is -0.127. The van der Waals surface area contributed by atoms with Crippen molar-refractivity contribution in [2.24, 2.45) is 17.3 Å². The Morgan fingerprint density at radius 1 is 1.12 bits per heavy atom. The molecule has 2 fully saturated rings. The molecule has 2 heterocycles. The first-order chi connectivity index (χ1) is 15.7. The van der Waals surface area contributed by atoms with E-state index in [9.17, 15) is 9.50 Å². The first-order valence-electron chi connectivity index (χ1n) is 12.2. The summed E-state index contributed by atoms with van der Waals surface area (Å²) in [7, 11) is 0. The summed E-state index contributed by atoms with van der Waals surface area (Å²) in [4.78, 5) is 2.52. The van der Waals surface area contributed by atoms with E-state index >= 15 is 0 Å². The molecule has 5 heteroatoms. The molecule has 180 valence electrons. The zero-order chi connectivity index (χ0) is 23.6. The number of hydrogen-bond acceptors (Lipinski definition) is 3. The molecule has 4 rings (SSSR count). The highest BCUT2D eigenvalue weighted by Gasteiger charge is 2.48. The Morgan fingerprint density at radius 2 is 1.82 bits per heavy atom. The van der Waals surface area contributed by atoms with Gasteiger partial charge in [0.1, 0.15) is 5.82 Å². The van der Waals surface area contributed by atoms with E-state index in [4.69, 9.17) is 16.3 Å². The maximum Gasteiger partial charge on any atom is 0.123 e. The normalized spacial score (nSPS) is 30.3. The summed E-state index contributed by atoms with van der Waals surface area (Å²) in [5, 5.41) is 12.3. The van der Waals surface area contributed by atoms with Crippen LogP contribution in [0.4, 0.5) is 4.39 Å². The molecule has 1 unspecified atom stereocenters. The van der Waals surface area contributed by atoms with Crippen molar-refractivity contribution in [3.8, 4) is 0 Å². The third-order valence-electron chi connectivity index (χ3n) is 8.01. The molecule has 0 radical (unpaired) electrons. The van der Waals surface area contributed by atoms with Gasteiger partial charge < -0.3 is 14.7 Å². The number of piperidine rings is 1. The summed E-state index contributed by atoms with van der Waals surface area (Å²) in [6, 6.07) is 14.4. The minimum Gasteiger partial charge on any atom is -0.385 e. The van der Waals surface area contributed by atoms with Gasteiger partial charge in [0, 0.05) is 30.1 Å². The highest BCUT2D eigenvalue weighted by Crippen LogP contribution is 2.46. The fourth-order valence-corrected chi connectivity index (χ4v) is 5.84. The lowest BCUT2D eigenvalue weighted by Crippen LogP contribution is -2.55. The Balaban J connectivity index is 1.33. The Bertz CT molecular complexity index is 916. The predicted molar refractivity (Wildman–Crippen MR) is 132 cm³/mol. The highest BCUT2D eigenvalue weighted by atomic mass is 35.5. The Kier molecular flexibility index (Phi) is 7.50. The van der Waals surface area contributed by atoms with Crippen LogP contribution in [-0.4, -0.2) is 42.4 Å². The van der Waals surface area contributed by atoms with Gasteiger partial charge in [-0.2, -0.15) is 0 Å². The van der Waals surface area contributed by atoms with Crippen molar-refractivity contribution in [2.75, 3.05) is 26.2 Å². The van der Waals surface area contributed by atoms with Gasteiger partial charge >= 0.3 is 0 Å². The molecular weight excluding hydrogens is 437 g/mol. The van der Waals surface area contributed by atoms with Gasteiger partial charge in [0.2, 0.25) is 0 Å². The summed E-state index contributed by atoms with van der Waals surface area (Å²) in [6.45, 7) is 10.2. The van der Waals surface area contributed by atoms with Crippen LogP contribution in [0.5, 0.6) is 0 Å².